The molecule has 1 unspecified atom stereocenters. The molecule has 1 heterocycles. The Kier molecular flexibility index (Phi) is 5.86. The van der Waals surface area contributed by atoms with Crippen LogP contribution in [-0.2, 0) is 4.74 Å². The van der Waals surface area contributed by atoms with Crippen LogP contribution in [0.3, 0.4) is 0 Å². The first kappa shape index (κ1) is 13.9. The Labute approximate surface area is 108 Å². The highest BCUT2D eigenvalue weighted by Gasteiger charge is 2.11. The smallest absolute Gasteiger partial charge is 0.124 e. The van der Waals surface area contributed by atoms with Gasteiger partial charge in [-0.25, -0.2) is 0 Å². The van der Waals surface area contributed by atoms with Gasteiger partial charge in [-0.1, -0.05) is 25.6 Å². The summed E-state index contributed by atoms with van der Waals surface area (Å²) in [4.78, 5) is 4.49. The number of aromatic nitrogens is 1. The van der Waals surface area contributed by atoms with Crippen molar-refractivity contribution in [1.82, 2.24) is 4.98 Å². The molecule has 0 saturated heterocycles. The number of nitrogens with zero attached hydrogens (tertiary/aromatic N) is 1. The molecule has 0 bridgehead atoms. The maximum Gasteiger partial charge on any atom is 0.124 e. The average molecular weight is 253 g/mol. The van der Waals surface area contributed by atoms with Crippen molar-refractivity contribution >= 4 is 22.9 Å². The molecule has 17 heavy (non-hydrogen) atoms. The Bertz CT molecular complexity index is 365. The summed E-state index contributed by atoms with van der Waals surface area (Å²) in [6.45, 7) is 2.79. The third-order valence-electron chi connectivity index (χ3n) is 2.41. The molecule has 5 heteroatoms. The first-order valence-electron chi connectivity index (χ1n) is 5.69. The van der Waals surface area contributed by atoms with Gasteiger partial charge in [0.15, 0.2) is 0 Å². The van der Waals surface area contributed by atoms with Gasteiger partial charge in [-0.2, -0.15) is 0 Å². The van der Waals surface area contributed by atoms with Crippen molar-refractivity contribution in [2.45, 2.75) is 25.8 Å². The number of nitrogens with two attached hydrogens (primary N) is 1. The molecule has 0 saturated carbocycles. The Balaban J connectivity index is 2.80. The fourth-order valence-electron chi connectivity index (χ4n) is 1.68. The van der Waals surface area contributed by atoms with Gasteiger partial charge in [0.2, 0.25) is 0 Å². The topological polar surface area (TPSA) is 60.2 Å². The van der Waals surface area contributed by atoms with Crippen LogP contribution >= 0.6 is 12.2 Å². The van der Waals surface area contributed by atoms with E-state index < -0.39 is 0 Å². The van der Waals surface area contributed by atoms with Crippen LogP contribution in [0.2, 0.25) is 0 Å². The normalized spacial score (nSPS) is 12.1. The van der Waals surface area contributed by atoms with Gasteiger partial charge in [-0.15, -0.1) is 0 Å². The van der Waals surface area contributed by atoms with E-state index in [1.165, 1.54) is 0 Å². The molecule has 94 valence electrons. The number of thiocarbonyl (C=S) groups is 1. The number of hydrogen-bond acceptors (Lipinski definition) is 4. The van der Waals surface area contributed by atoms with Crippen molar-refractivity contribution < 1.29 is 4.74 Å². The van der Waals surface area contributed by atoms with E-state index in [-0.39, 0.29) is 6.04 Å². The van der Waals surface area contributed by atoms with Crippen molar-refractivity contribution in [1.29, 1.82) is 0 Å². The summed E-state index contributed by atoms with van der Waals surface area (Å²) < 4.78 is 5.18. The zero-order valence-corrected chi connectivity index (χ0v) is 11.1. The molecule has 1 aromatic heterocycles. The number of methoxy groups -OCH3 is 1. The zero-order chi connectivity index (χ0) is 12.7. The highest BCUT2D eigenvalue weighted by molar-refractivity contribution is 7.80. The molecule has 0 aliphatic heterocycles. The minimum atomic E-state index is 0.252. The molecule has 3 N–H and O–H groups in total. The quantitative estimate of drug-likeness (QED) is 0.727. The minimum Gasteiger partial charge on any atom is -0.388 e. The number of hydrogen-bond donors (Lipinski definition) is 2. The average Bonchev–Trinajstić information content (AvgIpc) is 2.30. The largest absolute Gasteiger partial charge is 0.388 e. The van der Waals surface area contributed by atoms with E-state index in [0.717, 1.165) is 18.5 Å². The standard InChI is InChI=1S/C12H19N3OS/c1-3-5-9(8-16-2)15-10-6-4-7-14-11(10)12(13)17/h4,6-7,9,15H,3,5,8H2,1-2H3,(H2,13,17). The van der Waals surface area contributed by atoms with Crippen molar-refractivity contribution in [2.75, 3.05) is 19.0 Å². The van der Waals surface area contributed by atoms with E-state index in [0.29, 0.717) is 17.3 Å². The Morgan fingerprint density at radius 3 is 3.00 bits per heavy atom. The second-order valence-electron chi connectivity index (χ2n) is 3.85. The molecule has 0 radical (unpaired) electrons. The molecule has 0 aliphatic carbocycles. The fourth-order valence-corrected chi connectivity index (χ4v) is 1.85. The lowest BCUT2D eigenvalue weighted by molar-refractivity contribution is 0.182. The van der Waals surface area contributed by atoms with Gasteiger partial charge in [0.05, 0.1) is 12.3 Å². The second-order valence-corrected chi connectivity index (χ2v) is 4.29. The summed E-state index contributed by atoms with van der Waals surface area (Å²) in [5.41, 5.74) is 7.15. The van der Waals surface area contributed by atoms with Gasteiger partial charge in [-0.05, 0) is 18.6 Å². The number of rotatable bonds is 7. The summed E-state index contributed by atoms with van der Waals surface area (Å²) in [7, 11) is 1.70. The maximum absolute atomic E-state index is 5.64. The minimum absolute atomic E-state index is 0.252. The van der Waals surface area contributed by atoms with Gasteiger partial charge >= 0.3 is 0 Å². The van der Waals surface area contributed by atoms with Crippen LogP contribution in [0.5, 0.6) is 0 Å². The molecule has 0 spiro atoms. The molecule has 4 nitrogen and oxygen atoms in total. The summed E-state index contributed by atoms with van der Waals surface area (Å²) in [5, 5.41) is 3.38. The van der Waals surface area contributed by atoms with Crippen molar-refractivity contribution in [2.24, 2.45) is 5.73 Å². The number of ether oxygens (including phenoxy) is 1. The molecule has 1 rings (SSSR count). The van der Waals surface area contributed by atoms with Crippen molar-refractivity contribution in [3.05, 3.63) is 24.0 Å². The highest BCUT2D eigenvalue weighted by Crippen LogP contribution is 2.15. The molecule has 0 fully saturated rings. The Morgan fingerprint density at radius 1 is 1.65 bits per heavy atom. The maximum atomic E-state index is 5.64. The van der Waals surface area contributed by atoms with Crippen LogP contribution < -0.4 is 11.1 Å². The van der Waals surface area contributed by atoms with Crippen LogP contribution in [0.15, 0.2) is 18.3 Å². The van der Waals surface area contributed by atoms with Crippen molar-refractivity contribution in [3.63, 3.8) is 0 Å². The lowest BCUT2D eigenvalue weighted by atomic mass is 10.1. The predicted molar refractivity (Wildman–Crippen MR) is 74.3 cm³/mol. The first-order valence-corrected chi connectivity index (χ1v) is 6.10. The number of anilines is 1. The molecule has 0 aliphatic rings. The Hall–Kier alpha value is -1.20. The van der Waals surface area contributed by atoms with E-state index in [9.17, 15) is 0 Å². The Morgan fingerprint density at radius 2 is 2.41 bits per heavy atom. The van der Waals surface area contributed by atoms with E-state index in [4.69, 9.17) is 22.7 Å². The van der Waals surface area contributed by atoms with Crippen LogP contribution in [0.25, 0.3) is 0 Å². The van der Waals surface area contributed by atoms with Crippen LogP contribution in [0.4, 0.5) is 5.69 Å². The lowest BCUT2D eigenvalue weighted by Crippen LogP contribution is -2.26. The summed E-state index contributed by atoms with van der Waals surface area (Å²) in [5.74, 6) is 0. The predicted octanol–water partition coefficient (Wildman–Crippen LogP) is 1.94. The zero-order valence-electron chi connectivity index (χ0n) is 10.3. The molecular weight excluding hydrogens is 234 g/mol. The van der Waals surface area contributed by atoms with E-state index in [2.05, 4.69) is 17.2 Å². The van der Waals surface area contributed by atoms with Gasteiger partial charge in [-0.3, -0.25) is 4.98 Å². The summed E-state index contributed by atoms with van der Waals surface area (Å²) >= 11 is 4.98. The fraction of sp³-hybridized carbons (Fsp3) is 0.500. The molecule has 1 atom stereocenters. The lowest BCUT2D eigenvalue weighted by Gasteiger charge is -2.19. The number of nitrogens with one attached hydrogen (secondary N) is 1. The van der Waals surface area contributed by atoms with Gasteiger partial charge in [0.25, 0.3) is 0 Å². The van der Waals surface area contributed by atoms with Crippen LogP contribution in [0.1, 0.15) is 25.5 Å². The van der Waals surface area contributed by atoms with Gasteiger partial charge in [0, 0.05) is 19.3 Å². The first-order chi connectivity index (χ1) is 8.19. The van der Waals surface area contributed by atoms with E-state index >= 15 is 0 Å². The molecule has 0 amide bonds. The number of pyridine rings is 1. The van der Waals surface area contributed by atoms with E-state index in [1.54, 1.807) is 13.3 Å². The molecular formula is C12H19N3OS. The highest BCUT2D eigenvalue weighted by atomic mass is 32.1. The van der Waals surface area contributed by atoms with Crippen LogP contribution in [-0.4, -0.2) is 29.7 Å². The van der Waals surface area contributed by atoms with Gasteiger partial charge < -0.3 is 15.8 Å². The summed E-state index contributed by atoms with van der Waals surface area (Å²) in [6.07, 6.45) is 3.80. The third-order valence-corrected chi connectivity index (χ3v) is 2.60. The van der Waals surface area contributed by atoms with Gasteiger partial charge in [0.1, 0.15) is 10.7 Å². The molecule has 1 aromatic rings. The summed E-state index contributed by atoms with van der Waals surface area (Å²) in [6, 6.07) is 4.04. The second kappa shape index (κ2) is 7.19. The van der Waals surface area contributed by atoms with Crippen molar-refractivity contribution in [3.8, 4) is 0 Å². The third kappa shape index (κ3) is 4.28. The van der Waals surface area contributed by atoms with E-state index in [1.807, 2.05) is 12.1 Å². The van der Waals surface area contributed by atoms with Crippen LogP contribution in [0, 0.1) is 0 Å². The monoisotopic (exact) mass is 253 g/mol. The SMILES string of the molecule is CCCC(COC)Nc1cccnc1C(N)=S. The molecule has 0 aromatic carbocycles.